The molecule has 0 saturated heterocycles. The highest BCUT2D eigenvalue weighted by Gasteiger charge is 2.25. The summed E-state index contributed by atoms with van der Waals surface area (Å²) in [5.41, 5.74) is -0.108. The highest BCUT2D eigenvalue weighted by atomic mass is 79.9. The Hall–Kier alpha value is -4.29. The summed E-state index contributed by atoms with van der Waals surface area (Å²) in [5, 5.41) is 19.9. The number of nitrogens with one attached hydrogen (secondary N) is 1. The zero-order valence-corrected chi connectivity index (χ0v) is 25.5. The number of hydrogen-bond acceptors (Lipinski definition) is 8. The van der Waals surface area contributed by atoms with Crippen LogP contribution in [0, 0.1) is 10.1 Å². The van der Waals surface area contributed by atoms with Crippen LogP contribution in [0.1, 0.15) is 39.1 Å². The average molecular weight is 657 g/mol. The van der Waals surface area contributed by atoms with Crippen molar-refractivity contribution in [1.29, 1.82) is 0 Å². The SMILES string of the molecule is CCOc1cc(C=Nn2c(C(C)(C)C)nc3ccc(Br)cc3c2=O)cc([N+](=O)[O-])c1OCC(=O)Nc1ccc(Cl)cc1. The van der Waals surface area contributed by atoms with Crippen LogP contribution in [0.25, 0.3) is 10.9 Å². The molecule has 11 nitrogen and oxygen atoms in total. The predicted molar refractivity (Wildman–Crippen MR) is 165 cm³/mol. The number of halogens is 2. The zero-order chi connectivity index (χ0) is 30.6. The first-order chi connectivity index (χ1) is 19.9. The second-order valence-corrected chi connectivity index (χ2v) is 11.5. The number of carbonyl (C=O) groups is 1. The lowest BCUT2D eigenvalue weighted by Crippen LogP contribution is -2.29. The van der Waals surface area contributed by atoms with Crippen LogP contribution in [0.5, 0.6) is 11.5 Å². The van der Waals surface area contributed by atoms with Gasteiger partial charge in [0.25, 0.3) is 11.5 Å². The van der Waals surface area contributed by atoms with Gasteiger partial charge in [-0.25, -0.2) is 4.98 Å². The number of nitrogens with zero attached hydrogens (tertiary/aromatic N) is 4. The van der Waals surface area contributed by atoms with Gasteiger partial charge in [-0.05, 0) is 55.5 Å². The molecule has 0 radical (unpaired) electrons. The summed E-state index contributed by atoms with van der Waals surface area (Å²) in [4.78, 5) is 42.0. The van der Waals surface area contributed by atoms with Crippen molar-refractivity contribution in [2.24, 2.45) is 5.10 Å². The maximum atomic E-state index is 13.5. The van der Waals surface area contributed by atoms with Crippen molar-refractivity contribution in [3.8, 4) is 11.5 Å². The lowest BCUT2D eigenvalue weighted by Gasteiger charge is -2.21. The molecular weight excluding hydrogens is 630 g/mol. The Bertz CT molecular complexity index is 1750. The highest BCUT2D eigenvalue weighted by Crippen LogP contribution is 2.38. The average Bonchev–Trinajstić information content (AvgIpc) is 2.92. The zero-order valence-electron chi connectivity index (χ0n) is 23.2. The van der Waals surface area contributed by atoms with Gasteiger partial charge >= 0.3 is 5.69 Å². The lowest BCUT2D eigenvalue weighted by molar-refractivity contribution is -0.385. The van der Waals surface area contributed by atoms with Crippen LogP contribution in [0.2, 0.25) is 5.02 Å². The Morgan fingerprint density at radius 3 is 2.52 bits per heavy atom. The normalized spacial score (nSPS) is 11.6. The van der Waals surface area contributed by atoms with Crippen LogP contribution >= 0.6 is 27.5 Å². The largest absolute Gasteiger partial charge is 0.490 e. The van der Waals surface area contributed by atoms with Crippen molar-refractivity contribution in [2.45, 2.75) is 33.1 Å². The standard InChI is InChI=1S/C29H27BrClN5O6/c1-5-41-24-13-17(12-23(36(39)40)26(24)42-16-25(37)33-20-9-7-19(31)8-10-20)15-32-35-27(38)21-14-18(30)6-11-22(21)34-28(35)29(2,3)4/h6-15H,5,16H2,1-4H3,(H,33,37). The smallest absolute Gasteiger partial charge is 0.315 e. The molecule has 1 heterocycles. The third kappa shape index (κ3) is 7.12. The summed E-state index contributed by atoms with van der Waals surface area (Å²) in [6.45, 7) is 7.07. The van der Waals surface area contributed by atoms with E-state index >= 15 is 0 Å². The number of anilines is 1. The molecule has 0 bridgehead atoms. The molecule has 0 aliphatic heterocycles. The van der Waals surface area contributed by atoms with Crippen molar-refractivity contribution in [3.05, 3.63) is 95.9 Å². The summed E-state index contributed by atoms with van der Waals surface area (Å²) in [6, 6.07) is 14.4. The third-order valence-electron chi connectivity index (χ3n) is 5.83. The van der Waals surface area contributed by atoms with Crippen LogP contribution in [-0.2, 0) is 10.2 Å². The molecule has 3 aromatic carbocycles. The Labute approximate surface area is 254 Å². The second-order valence-electron chi connectivity index (χ2n) is 10.1. The minimum Gasteiger partial charge on any atom is -0.490 e. The topological polar surface area (TPSA) is 138 Å². The lowest BCUT2D eigenvalue weighted by atomic mass is 9.95. The third-order valence-corrected chi connectivity index (χ3v) is 6.58. The monoisotopic (exact) mass is 655 g/mol. The molecule has 0 unspecified atom stereocenters. The van der Waals surface area contributed by atoms with Crippen molar-refractivity contribution in [2.75, 3.05) is 18.5 Å². The molecule has 0 saturated carbocycles. The number of fused-ring (bicyclic) bond motifs is 1. The van der Waals surface area contributed by atoms with Crippen LogP contribution in [0.4, 0.5) is 11.4 Å². The highest BCUT2D eigenvalue weighted by molar-refractivity contribution is 9.10. The van der Waals surface area contributed by atoms with E-state index in [1.165, 1.54) is 23.0 Å². The molecule has 42 heavy (non-hydrogen) atoms. The minimum atomic E-state index is -0.645. The van der Waals surface area contributed by atoms with Crippen molar-refractivity contribution in [1.82, 2.24) is 9.66 Å². The molecule has 1 aromatic heterocycles. The van der Waals surface area contributed by atoms with Crippen LogP contribution in [-0.4, -0.2) is 39.9 Å². The summed E-state index contributed by atoms with van der Waals surface area (Å²) in [7, 11) is 0. The molecule has 0 spiro atoms. The van der Waals surface area contributed by atoms with Crippen LogP contribution < -0.4 is 20.3 Å². The van der Waals surface area contributed by atoms with Crippen molar-refractivity contribution >= 4 is 61.9 Å². The summed E-state index contributed by atoms with van der Waals surface area (Å²) < 4.78 is 13.1. The van der Waals surface area contributed by atoms with E-state index in [1.807, 2.05) is 20.8 Å². The maximum absolute atomic E-state index is 13.5. The fourth-order valence-corrected chi connectivity index (χ4v) is 4.45. The van der Waals surface area contributed by atoms with Crippen LogP contribution in [0.3, 0.4) is 0 Å². The Morgan fingerprint density at radius 2 is 1.88 bits per heavy atom. The number of amides is 1. The molecule has 13 heteroatoms. The Balaban J connectivity index is 1.71. The number of rotatable bonds is 9. The fraction of sp³-hybridized carbons (Fsp3) is 0.241. The molecule has 218 valence electrons. The number of ether oxygens (including phenoxy) is 2. The van der Waals surface area contributed by atoms with Crippen molar-refractivity contribution < 1.29 is 19.2 Å². The van der Waals surface area contributed by atoms with Gasteiger partial charge in [0.2, 0.25) is 5.75 Å². The summed E-state index contributed by atoms with van der Waals surface area (Å²) in [5.74, 6) is -0.305. The van der Waals surface area contributed by atoms with Gasteiger partial charge in [-0.1, -0.05) is 48.3 Å². The van der Waals surface area contributed by atoms with E-state index in [9.17, 15) is 19.7 Å². The number of benzene rings is 3. The van der Waals surface area contributed by atoms with Gasteiger partial charge < -0.3 is 14.8 Å². The van der Waals surface area contributed by atoms with E-state index in [0.29, 0.717) is 31.9 Å². The molecule has 4 rings (SSSR count). The van der Waals surface area contributed by atoms with Crippen molar-refractivity contribution in [3.63, 3.8) is 0 Å². The summed E-state index contributed by atoms with van der Waals surface area (Å²) >= 11 is 9.25. The molecule has 0 aliphatic rings. The van der Waals surface area contributed by atoms with Gasteiger partial charge in [-0.3, -0.25) is 19.7 Å². The molecule has 0 aliphatic carbocycles. The number of carbonyl (C=O) groups excluding carboxylic acids is 1. The van der Waals surface area contributed by atoms with E-state index in [4.69, 9.17) is 21.1 Å². The predicted octanol–water partition coefficient (Wildman–Crippen LogP) is 6.32. The number of nitro groups is 1. The molecule has 1 amide bonds. The number of aromatic nitrogens is 2. The first-order valence-corrected chi connectivity index (χ1v) is 13.9. The molecule has 0 fully saturated rings. The maximum Gasteiger partial charge on any atom is 0.315 e. The van der Waals surface area contributed by atoms with E-state index in [2.05, 4.69) is 31.3 Å². The number of nitro benzene ring substituents is 1. The van der Waals surface area contributed by atoms with E-state index in [1.54, 1.807) is 49.4 Å². The quantitative estimate of drug-likeness (QED) is 0.126. The first kappa shape index (κ1) is 30.7. The molecular formula is C29H27BrClN5O6. The minimum absolute atomic E-state index is 0.0383. The molecule has 0 atom stereocenters. The summed E-state index contributed by atoms with van der Waals surface area (Å²) in [6.07, 6.45) is 1.31. The number of hydrogen-bond donors (Lipinski definition) is 1. The van der Waals surface area contributed by atoms with E-state index in [0.717, 1.165) is 0 Å². The molecule has 1 N–H and O–H groups in total. The van der Waals surface area contributed by atoms with E-state index < -0.39 is 34.1 Å². The first-order valence-electron chi connectivity index (χ1n) is 12.8. The van der Waals surface area contributed by atoms with Gasteiger partial charge in [0.1, 0.15) is 5.82 Å². The Morgan fingerprint density at radius 1 is 1.17 bits per heavy atom. The van der Waals surface area contributed by atoms with Gasteiger partial charge in [0.05, 0.1) is 28.6 Å². The van der Waals surface area contributed by atoms with Gasteiger partial charge in [0, 0.05) is 32.2 Å². The van der Waals surface area contributed by atoms with Crippen LogP contribution in [0.15, 0.2) is 69.0 Å². The Kier molecular flexibility index (Phi) is 9.27. The van der Waals surface area contributed by atoms with Gasteiger partial charge in [-0.15, -0.1) is 0 Å². The fourth-order valence-electron chi connectivity index (χ4n) is 3.96. The van der Waals surface area contributed by atoms with Gasteiger partial charge in [-0.2, -0.15) is 9.78 Å². The van der Waals surface area contributed by atoms with E-state index in [-0.39, 0.29) is 23.7 Å². The van der Waals surface area contributed by atoms with Gasteiger partial charge in [0.15, 0.2) is 12.4 Å². The second kappa shape index (κ2) is 12.7. The molecule has 4 aromatic rings.